The summed E-state index contributed by atoms with van der Waals surface area (Å²) < 4.78 is 1.75. The van der Waals surface area contributed by atoms with Crippen molar-refractivity contribution >= 4 is 11.8 Å². The third kappa shape index (κ3) is 6.26. The van der Waals surface area contributed by atoms with Crippen LogP contribution in [0.3, 0.4) is 0 Å². The van der Waals surface area contributed by atoms with E-state index in [4.69, 9.17) is 0 Å². The molecule has 2 amide bonds. The molecule has 166 valence electrons. The third-order valence-corrected chi connectivity index (χ3v) is 5.77. The van der Waals surface area contributed by atoms with Crippen LogP contribution < -0.4 is 16.1 Å². The minimum atomic E-state index is -0.524. The maximum absolute atomic E-state index is 13.0. The van der Waals surface area contributed by atoms with Crippen LogP contribution in [0.2, 0.25) is 0 Å². The van der Waals surface area contributed by atoms with Crippen LogP contribution in [0.15, 0.2) is 41.7 Å². The van der Waals surface area contributed by atoms with Crippen LogP contribution >= 0.6 is 0 Å². The summed E-state index contributed by atoms with van der Waals surface area (Å²) >= 11 is 0. The quantitative estimate of drug-likeness (QED) is 0.667. The monoisotopic (exact) mass is 424 g/mol. The summed E-state index contributed by atoms with van der Waals surface area (Å²) in [6, 6.07) is 3.86. The summed E-state index contributed by atoms with van der Waals surface area (Å²) in [4.78, 5) is 42.7. The molecule has 0 atom stereocenters. The molecular formula is C24H32N4O3. The molecule has 0 bridgehead atoms. The van der Waals surface area contributed by atoms with Gasteiger partial charge in [-0.25, -0.2) is 0 Å². The molecule has 7 nitrogen and oxygen atoms in total. The lowest BCUT2D eigenvalue weighted by molar-refractivity contribution is 0.0931. The number of carbonyl (C=O) groups is 2. The smallest absolute Gasteiger partial charge is 0.256 e. The van der Waals surface area contributed by atoms with Crippen LogP contribution in [0.1, 0.15) is 84.7 Å². The molecule has 3 rings (SSSR count). The lowest BCUT2D eigenvalue weighted by Gasteiger charge is -2.18. The van der Waals surface area contributed by atoms with Crippen LogP contribution in [0.4, 0.5) is 0 Å². The molecule has 1 aliphatic carbocycles. The largest absolute Gasteiger partial charge is 0.352 e. The van der Waals surface area contributed by atoms with Crippen LogP contribution in [0, 0.1) is 0 Å². The molecule has 0 aliphatic heterocycles. The number of hydrogen-bond donors (Lipinski definition) is 2. The van der Waals surface area contributed by atoms with Gasteiger partial charge in [0.05, 0.1) is 0 Å². The molecule has 2 aromatic heterocycles. The van der Waals surface area contributed by atoms with Gasteiger partial charge < -0.3 is 15.2 Å². The Labute approximate surface area is 183 Å². The number of nitrogens with zero attached hydrogens (tertiary/aromatic N) is 2. The van der Waals surface area contributed by atoms with Gasteiger partial charge in [-0.3, -0.25) is 19.4 Å². The molecular weight excluding hydrogens is 392 g/mol. The van der Waals surface area contributed by atoms with Crippen molar-refractivity contribution in [3.05, 3.63) is 63.8 Å². The molecule has 1 aliphatic rings. The summed E-state index contributed by atoms with van der Waals surface area (Å²) in [6.07, 6.45) is 13.5. The molecule has 0 spiro atoms. The molecule has 0 saturated heterocycles. The fourth-order valence-corrected chi connectivity index (χ4v) is 3.87. The number of carbonyl (C=O) groups excluding carboxylic acids is 2. The van der Waals surface area contributed by atoms with Gasteiger partial charge >= 0.3 is 0 Å². The highest BCUT2D eigenvalue weighted by molar-refractivity contribution is 5.99. The Bertz CT molecular complexity index is 945. The first kappa shape index (κ1) is 22.7. The third-order valence-electron chi connectivity index (χ3n) is 5.77. The van der Waals surface area contributed by atoms with Crippen molar-refractivity contribution in [1.29, 1.82) is 0 Å². The van der Waals surface area contributed by atoms with E-state index in [-0.39, 0.29) is 23.2 Å². The summed E-state index contributed by atoms with van der Waals surface area (Å²) in [5.74, 6) is -0.852. The van der Waals surface area contributed by atoms with Gasteiger partial charge in [-0.1, -0.05) is 25.7 Å². The summed E-state index contributed by atoms with van der Waals surface area (Å²) in [5.41, 5.74) is 0.549. The summed E-state index contributed by atoms with van der Waals surface area (Å²) in [6.45, 7) is 4.29. The SMILES string of the molecule is CC(C)n1cc(C(=O)NCCc2ccncc2)c(=O)c(C(=O)NC2CCCCCC2)c1. The molecule has 2 N–H and O–H groups in total. The Morgan fingerprint density at radius 3 is 2.26 bits per heavy atom. The van der Waals surface area contributed by atoms with Crippen LogP contribution in [-0.4, -0.2) is 34.0 Å². The highest BCUT2D eigenvalue weighted by atomic mass is 16.2. The first-order chi connectivity index (χ1) is 15.0. The normalized spacial score (nSPS) is 14.8. The zero-order valence-corrected chi connectivity index (χ0v) is 18.4. The van der Waals surface area contributed by atoms with Gasteiger partial charge in [0.15, 0.2) is 0 Å². The van der Waals surface area contributed by atoms with Gasteiger partial charge in [0, 0.05) is 43.4 Å². The van der Waals surface area contributed by atoms with Gasteiger partial charge in [-0.2, -0.15) is 0 Å². The first-order valence-corrected chi connectivity index (χ1v) is 11.2. The predicted octanol–water partition coefficient (Wildman–Crippen LogP) is 3.25. The number of aromatic nitrogens is 2. The van der Waals surface area contributed by atoms with Crippen molar-refractivity contribution in [1.82, 2.24) is 20.2 Å². The van der Waals surface area contributed by atoms with Gasteiger partial charge in [-0.05, 0) is 50.8 Å². The van der Waals surface area contributed by atoms with Crippen molar-refractivity contribution in [2.24, 2.45) is 0 Å². The van der Waals surface area contributed by atoms with Gasteiger partial charge in [0.2, 0.25) is 5.43 Å². The number of hydrogen-bond acceptors (Lipinski definition) is 4. The number of amides is 2. The molecule has 0 radical (unpaired) electrons. The van der Waals surface area contributed by atoms with Crippen molar-refractivity contribution < 1.29 is 9.59 Å². The van der Waals surface area contributed by atoms with Gasteiger partial charge in [0.25, 0.3) is 11.8 Å². The molecule has 1 saturated carbocycles. The van der Waals surface area contributed by atoms with E-state index in [1.165, 1.54) is 19.0 Å². The molecule has 0 unspecified atom stereocenters. The Morgan fingerprint density at radius 1 is 1.03 bits per heavy atom. The second kappa shape index (κ2) is 10.9. The molecule has 2 aromatic rings. The summed E-state index contributed by atoms with van der Waals surface area (Å²) in [5, 5.41) is 5.83. The van der Waals surface area contributed by atoms with Crippen LogP contribution in [-0.2, 0) is 6.42 Å². The van der Waals surface area contributed by atoms with Crippen molar-refractivity contribution in [2.75, 3.05) is 6.54 Å². The van der Waals surface area contributed by atoms with Crippen molar-refractivity contribution in [3.8, 4) is 0 Å². The van der Waals surface area contributed by atoms with E-state index in [9.17, 15) is 14.4 Å². The van der Waals surface area contributed by atoms with E-state index in [1.807, 2.05) is 26.0 Å². The summed E-state index contributed by atoms with van der Waals surface area (Å²) in [7, 11) is 0. The maximum Gasteiger partial charge on any atom is 0.256 e. The average molecular weight is 425 g/mol. The number of rotatable bonds is 7. The molecule has 31 heavy (non-hydrogen) atoms. The highest BCUT2D eigenvalue weighted by Crippen LogP contribution is 2.17. The molecule has 7 heteroatoms. The Kier molecular flexibility index (Phi) is 7.98. The van der Waals surface area contributed by atoms with Gasteiger partial charge in [-0.15, -0.1) is 0 Å². The molecule has 0 aromatic carbocycles. The molecule has 1 fully saturated rings. The van der Waals surface area contributed by atoms with Crippen LogP contribution in [0.5, 0.6) is 0 Å². The number of pyridine rings is 2. The second-order valence-corrected chi connectivity index (χ2v) is 8.48. The Hall–Kier alpha value is -2.96. The maximum atomic E-state index is 13.0. The Morgan fingerprint density at radius 2 is 1.65 bits per heavy atom. The van der Waals surface area contributed by atoms with E-state index in [2.05, 4.69) is 15.6 Å². The van der Waals surface area contributed by atoms with E-state index in [0.717, 1.165) is 31.2 Å². The average Bonchev–Trinajstić information content (AvgIpc) is 3.03. The minimum absolute atomic E-state index is 0.00283. The molecule has 2 heterocycles. The van der Waals surface area contributed by atoms with E-state index in [0.29, 0.717) is 13.0 Å². The zero-order valence-electron chi connectivity index (χ0n) is 18.4. The lowest BCUT2D eigenvalue weighted by atomic mass is 10.1. The van der Waals surface area contributed by atoms with Crippen LogP contribution in [0.25, 0.3) is 0 Å². The topological polar surface area (TPSA) is 93.1 Å². The van der Waals surface area contributed by atoms with Crippen molar-refractivity contribution in [2.45, 2.75) is 70.9 Å². The van der Waals surface area contributed by atoms with Crippen molar-refractivity contribution in [3.63, 3.8) is 0 Å². The van der Waals surface area contributed by atoms with E-state index >= 15 is 0 Å². The fourth-order valence-electron chi connectivity index (χ4n) is 3.87. The minimum Gasteiger partial charge on any atom is -0.352 e. The predicted molar refractivity (Wildman–Crippen MR) is 120 cm³/mol. The standard InChI is InChI=1S/C24H32N4O3/c1-17(2)28-15-20(23(30)26-14-11-18-9-12-25-13-10-18)22(29)21(16-28)24(31)27-19-7-5-3-4-6-8-19/h9-10,12-13,15-17,19H,3-8,11,14H2,1-2H3,(H,26,30)(H,27,31). The first-order valence-electron chi connectivity index (χ1n) is 11.2. The van der Waals surface area contributed by atoms with E-state index < -0.39 is 17.2 Å². The number of nitrogens with one attached hydrogen (secondary N) is 2. The fraction of sp³-hybridized carbons (Fsp3) is 0.500. The zero-order chi connectivity index (χ0) is 22.2. The van der Waals surface area contributed by atoms with E-state index in [1.54, 1.807) is 23.2 Å². The second-order valence-electron chi connectivity index (χ2n) is 8.48. The Balaban J connectivity index is 1.76. The lowest BCUT2D eigenvalue weighted by Crippen LogP contribution is -2.39. The van der Waals surface area contributed by atoms with Gasteiger partial charge in [0.1, 0.15) is 11.1 Å². The highest BCUT2D eigenvalue weighted by Gasteiger charge is 2.22.